The van der Waals surface area contributed by atoms with Crippen LogP contribution in [0.25, 0.3) is 10.9 Å². The lowest BCUT2D eigenvalue weighted by molar-refractivity contribution is -0.146. The lowest BCUT2D eigenvalue weighted by Crippen LogP contribution is -2.57. The molecule has 3 aromatic carbocycles. The van der Waals surface area contributed by atoms with Gasteiger partial charge in [0, 0.05) is 30.1 Å². The van der Waals surface area contributed by atoms with Gasteiger partial charge in [0.05, 0.1) is 21.3 Å². The number of hydrogen-bond donors (Lipinski definition) is 4. The van der Waals surface area contributed by atoms with Crippen LogP contribution in [0.2, 0.25) is 0 Å². The third kappa shape index (κ3) is 7.01. The standard InChI is InChI=1S/C33H35N5O7/c1-43-26-13-20(14-27(44-2)31(26)45-3)16-35-32(41)25(15-22-17-34-24-12-8-7-11-23(22)24)36-28(39)18-38-19-29(40)37-30(33(38)42)21-9-5-4-6-10-21/h4-14,17,25,30,34H,15-16,18-19H2,1-3H3,(H,35,41)(H,36,39)(H,37,40). The largest absolute Gasteiger partial charge is 0.493 e. The molecule has 12 nitrogen and oxygen atoms in total. The number of aromatic amines is 1. The van der Waals surface area contributed by atoms with Crippen LogP contribution in [0.5, 0.6) is 17.2 Å². The minimum absolute atomic E-state index is 0.110. The summed E-state index contributed by atoms with van der Waals surface area (Å²) >= 11 is 0. The van der Waals surface area contributed by atoms with E-state index >= 15 is 0 Å². The van der Waals surface area contributed by atoms with Crippen LogP contribution in [0.1, 0.15) is 22.7 Å². The molecule has 5 rings (SSSR count). The summed E-state index contributed by atoms with van der Waals surface area (Å²) in [6, 6.07) is 18.1. The first-order valence-corrected chi connectivity index (χ1v) is 14.3. The van der Waals surface area contributed by atoms with Gasteiger partial charge in [-0.3, -0.25) is 19.2 Å². The number of carbonyl (C=O) groups is 4. The van der Waals surface area contributed by atoms with E-state index in [2.05, 4.69) is 20.9 Å². The lowest BCUT2D eigenvalue weighted by Gasteiger charge is -2.32. The number of piperazine rings is 1. The maximum absolute atomic E-state index is 13.6. The molecule has 1 saturated heterocycles. The summed E-state index contributed by atoms with van der Waals surface area (Å²) in [5, 5.41) is 9.30. The highest BCUT2D eigenvalue weighted by atomic mass is 16.5. The van der Waals surface area contributed by atoms with E-state index in [0.717, 1.165) is 16.5 Å². The highest BCUT2D eigenvalue weighted by molar-refractivity contribution is 5.98. The van der Waals surface area contributed by atoms with E-state index < -0.39 is 29.8 Å². The summed E-state index contributed by atoms with van der Waals surface area (Å²) in [6.07, 6.45) is 1.98. The van der Waals surface area contributed by atoms with Gasteiger partial charge in [-0.2, -0.15) is 0 Å². The van der Waals surface area contributed by atoms with Crippen molar-refractivity contribution in [1.82, 2.24) is 25.8 Å². The molecule has 0 aliphatic carbocycles. The fraction of sp³-hybridized carbons (Fsp3) is 0.273. The van der Waals surface area contributed by atoms with E-state index in [0.29, 0.717) is 28.4 Å². The third-order valence-corrected chi connectivity index (χ3v) is 7.61. The van der Waals surface area contributed by atoms with Crippen LogP contribution in [0.15, 0.2) is 72.9 Å². The molecule has 1 fully saturated rings. The summed E-state index contributed by atoms with van der Waals surface area (Å²) in [5.41, 5.74) is 3.03. The van der Waals surface area contributed by atoms with Crippen molar-refractivity contribution in [2.75, 3.05) is 34.4 Å². The summed E-state index contributed by atoms with van der Waals surface area (Å²) in [4.78, 5) is 57.1. The first kappa shape index (κ1) is 30.9. The Kier molecular flexibility index (Phi) is 9.51. The van der Waals surface area contributed by atoms with Gasteiger partial charge in [-0.05, 0) is 34.9 Å². The van der Waals surface area contributed by atoms with E-state index in [4.69, 9.17) is 14.2 Å². The van der Waals surface area contributed by atoms with Gasteiger partial charge in [0.2, 0.25) is 23.5 Å². The maximum Gasteiger partial charge on any atom is 0.250 e. The van der Waals surface area contributed by atoms with Crippen LogP contribution in [0.4, 0.5) is 0 Å². The number of para-hydroxylation sites is 1. The second kappa shape index (κ2) is 13.8. The van der Waals surface area contributed by atoms with Gasteiger partial charge in [-0.25, -0.2) is 0 Å². The molecule has 2 heterocycles. The molecule has 45 heavy (non-hydrogen) atoms. The third-order valence-electron chi connectivity index (χ3n) is 7.61. The number of fused-ring (bicyclic) bond motifs is 1. The van der Waals surface area contributed by atoms with Crippen molar-refractivity contribution in [3.05, 3.63) is 89.6 Å². The van der Waals surface area contributed by atoms with Crippen molar-refractivity contribution in [3.8, 4) is 17.2 Å². The molecule has 4 amide bonds. The van der Waals surface area contributed by atoms with Gasteiger partial charge in [-0.1, -0.05) is 48.5 Å². The Morgan fingerprint density at radius 3 is 2.33 bits per heavy atom. The van der Waals surface area contributed by atoms with Crippen LogP contribution < -0.4 is 30.2 Å². The van der Waals surface area contributed by atoms with Crippen molar-refractivity contribution < 1.29 is 33.4 Å². The maximum atomic E-state index is 13.6. The zero-order valence-electron chi connectivity index (χ0n) is 25.2. The number of ether oxygens (including phenoxy) is 3. The Hall–Kier alpha value is -5.52. The lowest BCUT2D eigenvalue weighted by atomic mass is 10.0. The number of hydrogen-bond acceptors (Lipinski definition) is 7. The molecule has 1 aliphatic heterocycles. The molecule has 4 aromatic rings. The smallest absolute Gasteiger partial charge is 0.250 e. The number of carbonyl (C=O) groups excluding carboxylic acids is 4. The molecule has 2 atom stereocenters. The van der Waals surface area contributed by atoms with Crippen LogP contribution >= 0.6 is 0 Å². The number of amides is 4. The number of nitrogens with zero attached hydrogens (tertiary/aromatic N) is 1. The molecule has 234 valence electrons. The fourth-order valence-corrected chi connectivity index (χ4v) is 5.40. The second-order valence-electron chi connectivity index (χ2n) is 10.5. The van der Waals surface area contributed by atoms with Gasteiger partial charge in [0.15, 0.2) is 11.5 Å². The van der Waals surface area contributed by atoms with E-state index in [9.17, 15) is 19.2 Å². The van der Waals surface area contributed by atoms with Gasteiger partial charge >= 0.3 is 0 Å². The molecule has 1 aromatic heterocycles. The Morgan fingerprint density at radius 2 is 1.64 bits per heavy atom. The van der Waals surface area contributed by atoms with Crippen molar-refractivity contribution in [2.24, 2.45) is 0 Å². The Balaban J connectivity index is 1.33. The zero-order chi connectivity index (χ0) is 31.9. The first-order chi connectivity index (χ1) is 21.8. The Morgan fingerprint density at radius 1 is 0.956 bits per heavy atom. The van der Waals surface area contributed by atoms with E-state index in [1.807, 2.05) is 30.3 Å². The summed E-state index contributed by atoms with van der Waals surface area (Å²) in [7, 11) is 4.52. The Labute approximate surface area is 260 Å². The van der Waals surface area contributed by atoms with Gasteiger partial charge in [0.25, 0.3) is 5.91 Å². The molecule has 1 aliphatic rings. The molecule has 4 N–H and O–H groups in total. The first-order valence-electron chi connectivity index (χ1n) is 14.3. The van der Waals surface area contributed by atoms with E-state index in [1.54, 1.807) is 42.6 Å². The molecular formula is C33H35N5O7. The van der Waals surface area contributed by atoms with Crippen molar-refractivity contribution in [1.29, 1.82) is 0 Å². The molecule has 12 heteroatoms. The molecule has 0 bridgehead atoms. The average Bonchev–Trinajstić information content (AvgIpc) is 3.47. The monoisotopic (exact) mass is 613 g/mol. The predicted octanol–water partition coefficient (Wildman–Crippen LogP) is 2.24. The number of H-pyrrole nitrogens is 1. The minimum Gasteiger partial charge on any atom is -0.493 e. The van der Waals surface area contributed by atoms with Crippen LogP contribution in [-0.2, 0) is 32.1 Å². The number of benzene rings is 3. The van der Waals surface area contributed by atoms with Crippen LogP contribution in [-0.4, -0.2) is 74.0 Å². The SMILES string of the molecule is COc1cc(CNC(=O)C(Cc2c[nH]c3ccccc23)NC(=O)CN2CC(=O)NC(c3ccccc3)C2=O)cc(OC)c1OC. The van der Waals surface area contributed by atoms with Gasteiger partial charge in [0.1, 0.15) is 25.2 Å². The van der Waals surface area contributed by atoms with Crippen molar-refractivity contribution >= 4 is 34.5 Å². The van der Waals surface area contributed by atoms with Crippen LogP contribution in [0, 0.1) is 0 Å². The molecule has 0 saturated carbocycles. The average molecular weight is 614 g/mol. The minimum atomic E-state index is -0.989. The summed E-state index contributed by atoms with van der Waals surface area (Å²) in [6.45, 7) is -0.546. The highest BCUT2D eigenvalue weighted by Crippen LogP contribution is 2.38. The number of rotatable bonds is 12. The van der Waals surface area contributed by atoms with Crippen molar-refractivity contribution in [3.63, 3.8) is 0 Å². The van der Waals surface area contributed by atoms with E-state index in [-0.39, 0.29) is 32.0 Å². The van der Waals surface area contributed by atoms with Crippen LogP contribution in [0.3, 0.4) is 0 Å². The number of methoxy groups -OCH3 is 3. The highest BCUT2D eigenvalue weighted by Gasteiger charge is 2.35. The summed E-state index contributed by atoms with van der Waals surface area (Å²) in [5.74, 6) is -0.492. The number of aromatic nitrogens is 1. The molecule has 0 spiro atoms. The molecule has 2 unspecified atom stereocenters. The zero-order valence-corrected chi connectivity index (χ0v) is 25.2. The summed E-state index contributed by atoms with van der Waals surface area (Å²) < 4.78 is 16.2. The normalized spacial score (nSPS) is 15.3. The molecular weight excluding hydrogens is 578 g/mol. The van der Waals surface area contributed by atoms with E-state index in [1.165, 1.54) is 26.2 Å². The Bertz CT molecular complexity index is 1680. The topological polar surface area (TPSA) is 151 Å². The molecule has 0 radical (unpaired) electrons. The van der Waals surface area contributed by atoms with Gasteiger partial charge in [-0.15, -0.1) is 0 Å². The second-order valence-corrected chi connectivity index (χ2v) is 10.5. The fourth-order valence-electron chi connectivity index (χ4n) is 5.40. The quantitative estimate of drug-likeness (QED) is 0.191. The van der Waals surface area contributed by atoms with Crippen molar-refractivity contribution in [2.45, 2.75) is 25.0 Å². The predicted molar refractivity (Wildman–Crippen MR) is 166 cm³/mol. The number of nitrogens with one attached hydrogen (secondary N) is 4. The van der Waals surface area contributed by atoms with Gasteiger partial charge < -0.3 is 40.0 Å².